The van der Waals surface area contributed by atoms with Gasteiger partial charge in [0.15, 0.2) is 0 Å². The average Bonchev–Trinajstić information content (AvgIpc) is 2.42. The number of hydrogen-bond acceptors (Lipinski definition) is 5. The molecular weight excluding hydrogens is 246 g/mol. The highest BCUT2D eigenvalue weighted by atomic mass is 16.5. The highest BCUT2D eigenvalue weighted by molar-refractivity contribution is 5.75. The summed E-state index contributed by atoms with van der Waals surface area (Å²) in [6.07, 6.45) is 0. The molecule has 0 saturated heterocycles. The molecule has 5 nitrogen and oxygen atoms in total. The largest absolute Gasteiger partial charge is 0.497 e. The Bertz CT molecular complexity index is 389. The van der Waals surface area contributed by atoms with E-state index in [1.54, 1.807) is 31.4 Å². The number of benzene rings is 1. The third-order valence-corrected chi connectivity index (χ3v) is 2.50. The summed E-state index contributed by atoms with van der Waals surface area (Å²) in [5, 5.41) is 3.10. The first-order valence-electron chi connectivity index (χ1n) is 6.17. The Kier molecular flexibility index (Phi) is 6.15. The number of esters is 1. The van der Waals surface area contributed by atoms with Crippen molar-refractivity contribution in [3.63, 3.8) is 0 Å². The van der Waals surface area contributed by atoms with Crippen molar-refractivity contribution in [2.45, 2.75) is 25.9 Å². The average molecular weight is 267 g/mol. The topological polar surface area (TPSA) is 56.8 Å². The van der Waals surface area contributed by atoms with Gasteiger partial charge in [-0.15, -0.1) is 0 Å². The number of ether oxygens (including phenoxy) is 3. The zero-order chi connectivity index (χ0) is 14.3. The molecule has 0 spiro atoms. The number of methoxy groups -OCH3 is 2. The SMILES string of the molecule is COC(=O)C(COc1ccc(OC)cc1)NC(C)C. The van der Waals surface area contributed by atoms with Gasteiger partial charge in [-0.05, 0) is 24.3 Å². The van der Waals surface area contributed by atoms with Crippen LogP contribution in [-0.2, 0) is 9.53 Å². The van der Waals surface area contributed by atoms with Gasteiger partial charge >= 0.3 is 5.97 Å². The quantitative estimate of drug-likeness (QED) is 0.761. The van der Waals surface area contributed by atoms with Crippen LogP contribution in [0, 0.1) is 0 Å². The highest BCUT2D eigenvalue weighted by Crippen LogP contribution is 2.17. The zero-order valence-corrected chi connectivity index (χ0v) is 11.8. The molecule has 0 heterocycles. The van der Waals surface area contributed by atoms with E-state index in [-0.39, 0.29) is 18.6 Å². The number of carbonyl (C=O) groups is 1. The number of nitrogens with one attached hydrogen (secondary N) is 1. The third kappa shape index (κ3) is 5.18. The molecule has 0 fully saturated rings. The fraction of sp³-hybridized carbons (Fsp3) is 0.500. The lowest BCUT2D eigenvalue weighted by Crippen LogP contribution is -2.45. The minimum absolute atomic E-state index is 0.170. The molecule has 0 bridgehead atoms. The molecule has 0 aliphatic carbocycles. The molecule has 1 aromatic rings. The van der Waals surface area contributed by atoms with Crippen molar-refractivity contribution < 1.29 is 19.0 Å². The van der Waals surface area contributed by atoms with Crippen molar-refractivity contribution in [2.75, 3.05) is 20.8 Å². The van der Waals surface area contributed by atoms with E-state index in [1.165, 1.54) is 7.11 Å². The van der Waals surface area contributed by atoms with Gasteiger partial charge in [0.25, 0.3) is 0 Å². The number of rotatable bonds is 7. The Morgan fingerprint density at radius 2 is 1.74 bits per heavy atom. The Balaban J connectivity index is 2.56. The van der Waals surface area contributed by atoms with Gasteiger partial charge in [-0.2, -0.15) is 0 Å². The Morgan fingerprint density at radius 1 is 1.16 bits per heavy atom. The van der Waals surface area contributed by atoms with Crippen molar-refractivity contribution >= 4 is 5.97 Å². The summed E-state index contributed by atoms with van der Waals surface area (Å²) in [5.41, 5.74) is 0. The lowest BCUT2D eigenvalue weighted by Gasteiger charge is -2.19. The molecule has 0 aliphatic rings. The first kappa shape index (κ1) is 15.3. The van der Waals surface area contributed by atoms with Crippen LogP contribution in [0.25, 0.3) is 0 Å². The molecule has 106 valence electrons. The van der Waals surface area contributed by atoms with Crippen LogP contribution in [0.2, 0.25) is 0 Å². The lowest BCUT2D eigenvalue weighted by molar-refractivity contribution is -0.144. The summed E-state index contributed by atoms with van der Waals surface area (Å²) in [4.78, 5) is 11.6. The first-order valence-corrected chi connectivity index (χ1v) is 6.17. The number of hydrogen-bond donors (Lipinski definition) is 1. The normalized spacial score (nSPS) is 12.1. The maximum atomic E-state index is 11.6. The van der Waals surface area contributed by atoms with Crippen molar-refractivity contribution in [1.29, 1.82) is 0 Å². The second-order valence-electron chi connectivity index (χ2n) is 4.38. The van der Waals surface area contributed by atoms with E-state index in [1.807, 2.05) is 13.8 Å². The van der Waals surface area contributed by atoms with E-state index in [0.29, 0.717) is 5.75 Å². The number of carbonyl (C=O) groups excluding carboxylic acids is 1. The fourth-order valence-electron chi connectivity index (χ4n) is 1.58. The lowest BCUT2D eigenvalue weighted by atomic mass is 10.2. The molecule has 1 aromatic carbocycles. The van der Waals surface area contributed by atoms with Crippen molar-refractivity contribution in [3.05, 3.63) is 24.3 Å². The van der Waals surface area contributed by atoms with Gasteiger partial charge in [0, 0.05) is 6.04 Å². The minimum atomic E-state index is -0.480. The molecule has 0 aliphatic heterocycles. The van der Waals surface area contributed by atoms with Gasteiger partial charge in [-0.25, -0.2) is 0 Å². The molecule has 19 heavy (non-hydrogen) atoms. The summed E-state index contributed by atoms with van der Waals surface area (Å²) in [5.74, 6) is 1.11. The summed E-state index contributed by atoms with van der Waals surface area (Å²) in [6, 6.07) is 6.89. The molecular formula is C14H21NO4. The standard InChI is InChI=1S/C14H21NO4/c1-10(2)15-13(14(16)18-4)9-19-12-7-5-11(17-3)6-8-12/h5-8,10,13,15H,9H2,1-4H3. The minimum Gasteiger partial charge on any atom is -0.497 e. The van der Waals surface area contributed by atoms with Gasteiger partial charge in [-0.3, -0.25) is 10.1 Å². The van der Waals surface area contributed by atoms with Crippen LogP contribution in [0.15, 0.2) is 24.3 Å². The van der Waals surface area contributed by atoms with Crippen LogP contribution in [0.4, 0.5) is 0 Å². The zero-order valence-electron chi connectivity index (χ0n) is 11.8. The summed E-state index contributed by atoms with van der Waals surface area (Å²) in [6.45, 7) is 4.14. The van der Waals surface area contributed by atoms with Crippen LogP contribution in [0.1, 0.15) is 13.8 Å². The smallest absolute Gasteiger partial charge is 0.326 e. The van der Waals surface area contributed by atoms with Crippen LogP contribution < -0.4 is 14.8 Å². The molecule has 1 unspecified atom stereocenters. The van der Waals surface area contributed by atoms with Crippen molar-refractivity contribution in [2.24, 2.45) is 0 Å². The van der Waals surface area contributed by atoms with Crippen molar-refractivity contribution in [3.8, 4) is 11.5 Å². The van der Waals surface area contributed by atoms with E-state index >= 15 is 0 Å². The van der Waals surface area contributed by atoms with E-state index in [0.717, 1.165) is 5.75 Å². The highest BCUT2D eigenvalue weighted by Gasteiger charge is 2.20. The molecule has 0 radical (unpaired) electrons. The van der Waals surface area contributed by atoms with E-state index < -0.39 is 6.04 Å². The van der Waals surface area contributed by atoms with Gasteiger partial charge in [0.05, 0.1) is 14.2 Å². The Morgan fingerprint density at radius 3 is 2.21 bits per heavy atom. The molecule has 1 N–H and O–H groups in total. The summed E-state index contributed by atoms with van der Waals surface area (Å²) < 4.78 is 15.4. The predicted molar refractivity (Wildman–Crippen MR) is 72.6 cm³/mol. The molecule has 1 rings (SSSR count). The third-order valence-electron chi connectivity index (χ3n) is 2.50. The fourth-order valence-corrected chi connectivity index (χ4v) is 1.58. The van der Waals surface area contributed by atoms with E-state index in [4.69, 9.17) is 14.2 Å². The maximum absolute atomic E-state index is 11.6. The molecule has 5 heteroatoms. The van der Waals surface area contributed by atoms with Gasteiger partial charge in [0.2, 0.25) is 0 Å². The van der Waals surface area contributed by atoms with Gasteiger partial charge in [-0.1, -0.05) is 13.8 Å². The summed E-state index contributed by atoms with van der Waals surface area (Å²) in [7, 11) is 2.97. The molecule has 0 aromatic heterocycles. The molecule has 0 saturated carbocycles. The Hall–Kier alpha value is -1.75. The molecule has 0 amide bonds. The maximum Gasteiger partial charge on any atom is 0.326 e. The van der Waals surface area contributed by atoms with E-state index in [9.17, 15) is 4.79 Å². The van der Waals surface area contributed by atoms with Crippen LogP contribution >= 0.6 is 0 Å². The van der Waals surface area contributed by atoms with Crippen LogP contribution in [-0.4, -0.2) is 38.9 Å². The monoisotopic (exact) mass is 267 g/mol. The second-order valence-corrected chi connectivity index (χ2v) is 4.38. The predicted octanol–water partition coefficient (Wildman–Crippen LogP) is 1.61. The van der Waals surface area contributed by atoms with Crippen LogP contribution in [0.5, 0.6) is 11.5 Å². The summed E-state index contributed by atoms with van der Waals surface area (Å²) >= 11 is 0. The van der Waals surface area contributed by atoms with E-state index in [2.05, 4.69) is 5.32 Å². The Labute approximate surface area is 113 Å². The molecule has 1 atom stereocenters. The van der Waals surface area contributed by atoms with Gasteiger partial charge in [0.1, 0.15) is 24.1 Å². The first-order chi connectivity index (χ1) is 9.06. The second kappa shape index (κ2) is 7.63. The van der Waals surface area contributed by atoms with Crippen molar-refractivity contribution in [1.82, 2.24) is 5.32 Å². The van der Waals surface area contributed by atoms with Crippen LogP contribution in [0.3, 0.4) is 0 Å². The van der Waals surface area contributed by atoms with Gasteiger partial charge < -0.3 is 14.2 Å².